The average molecular weight is 266 g/mol. The number of urea groups is 1. The number of H-pyrrole nitrogens is 1. The molecule has 1 aromatic rings. The van der Waals surface area contributed by atoms with Crippen LogP contribution in [0.2, 0.25) is 0 Å². The number of nitrogens with zero attached hydrogens (tertiary/aromatic N) is 2. The number of nitrogens with one attached hydrogen (secondary N) is 2. The molecule has 1 aliphatic rings. The Morgan fingerprint density at radius 3 is 3.05 bits per heavy atom. The number of likely N-dealkylation sites (tertiary alicyclic amines) is 1. The van der Waals surface area contributed by atoms with Gasteiger partial charge in [-0.1, -0.05) is 6.92 Å². The van der Waals surface area contributed by atoms with Crippen molar-refractivity contribution < 1.29 is 14.7 Å². The Morgan fingerprint density at radius 1 is 1.63 bits per heavy atom. The highest BCUT2D eigenvalue weighted by Gasteiger charge is 2.36. The molecule has 0 spiro atoms. The van der Waals surface area contributed by atoms with Crippen LogP contribution in [-0.4, -0.2) is 44.6 Å². The number of rotatable bonds is 3. The van der Waals surface area contributed by atoms with E-state index < -0.39 is 12.0 Å². The van der Waals surface area contributed by atoms with Crippen molar-refractivity contribution in [1.29, 1.82) is 0 Å². The van der Waals surface area contributed by atoms with Gasteiger partial charge >= 0.3 is 12.0 Å². The van der Waals surface area contributed by atoms with Gasteiger partial charge in [-0.25, -0.2) is 14.6 Å². The van der Waals surface area contributed by atoms with Crippen molar-refractivity contribution in [2.24, 2.45) is 5.92 Å². The molecule has 0 radical (unpaired) electrons. The molecule has 0 aliphatic carbocycles. The molecule has 2 heterocycles. The Kier molecular flexibility index (Phi) is 4.03. The summed E-state index contributed by atoms with van der Waals surface area (Å²) in [5.41, 5.74) is 0. The van der Waals surface area contributed by atoms with Crippen molar-refractivity contribution in [2.75, 3.05) is 6.54 Å². The average Bonchev–Trinajstić information content (AvgIpc) is 2.88. The summed E-state index contributed by atoms with van der Waals surface area (Å²) in [4.78, 5) is 31.6. The van der Waals surface area contributed by atoms with Gasteiger partial charge in [0, 0.05) is 18.9 Å². The van der Waals surface area contributed by atoms with E-state index >= 15 is 0 Å². The SMILES string of the molecule is CC1CCCN(C(=O)NCc2ncc[nH]2)C1C(=O)O. The molecule has 7 nitrogen and oxygen atoms in total. The predicted molar refractivity (Wildman–Crippen MR) is 67.4 cm³/mol. The van der Waals surface area contributed by atoms with Crippen molar-refractivity contribution in [3.8, 4) is 0 Å². The number of amides is 2. The van der Waals surface area contributed by atoms with Crippen molar-refractivity contribution in [1.82, 2.24) is 20.2 Å². The van der Waals surface area contributed by atoms with E-state index in [-0.39, 0.29) is 18.5 Å². The molecule has 3 N–H and O–H groups in total. The second kappa shape index (κ2) is 5.73. The van der Waals surface area contributed by atoms with Crippen LogP contribution in [0.4, 0.5) is 4.79 Å². The number of carbonyl (C=O) groups excluding carboxylic acids is 1. The van der Waals surface area contributed by atoms with Crippen LogP contribution in [0.1, 0.15) is 25.6 Å². The van der Waals surface area contributed by atoms with Crippen LogP contribution in [0.25, 0.3) is 0 Å². The third-order valence-electron chi connectivity index (χ3n) is 3.41. The molecule has 7 heteroatoms. The second-order valence-corrected chi connectivity index (χ2v) is 4.79. The first-order valence-corrected chi connectivity index (χ1v) is 6.35. The maximum atomic E-state index is 12.1. The van der Waals surface area contributed by atoms with E-state index in [2.05, 4.69) is 15.3 Å². The van der Waals surface area contributed by atoms with Crippen LogP contribution in [0.15, 0.2) is 12.4 Å². The maximum Gasteiger partial charge on any atom is 0.326 e. The van der Waals surface area contributed by atoms with Crippen LogP contribution >= 0.6 is 0 Å². The lowest BCUT2D eigenvalue weighted by atomic mass is 9.91. The van der Waals surface area contributed by atoms with Crippen molar-refractivity contribution in [3.05, 3.63) is 18.2 Å². The summed E-state index contributed by atoms with van der Waals surface area (Å²) < 4.78 is 0. The summed E-state index contributed by atoms with van der Waals surface area (Å²) in [5.74, 6) is -0.328. The Balaban J connectivity index is 1.97. The summed E-state index contributed by atoms with van der Waals surface area (Å²) in [7, 11) is 0. The number of hydrogen-bond acceptors (Lipinski definition) is 3. The van der Waals surface area contributed by atoms with E-state index in [0.29, 0.717) is 12.4 Å². The molecule has 1 aromatic heterocycles. The van der Waals surface area contributed by atoms with Gasteiger partial charge in [-0.15, -0.1) is 0 Å². The molecule has 104 valence electrons. The van der Waals surface area contributed by atoms with E-state index in [1.807, 2.05) is 6.92 Å². The van der Waals surface area contributed by atoms with Gasteiger partial charge in [0.15, 0.2) is 0 Å². The fourth-order valence-electron chi connectivity index (χ4n) is 2.45. The highest BCUT2D eigenvalue weighted by molar-refractivity contribution is 5.83. The first kappa shape index (κ1) is 13.4. The first-order chi connectivity index (χ1) is 9.09. The van der Waals surface area contributed by atoms with Crippen molar-refractivity contribution in [2.45, 2.75) is 32.4 Å². The fourth-order valence-corrected chi connectivity index (χ4v) is 2.45. The minimum absolute atomic E-state index is 0.0272. The molecule has 0 aromatic carbocycles. The summed E-state index contributed by atoms with van der Waals surface area (Å²) in [6.07, 6.45) is 4.94. The molecule has 1 saturated heterocycles. The molecule has 2 atom stereocenters. The summed E-state index contributed by atoms with van der Waals surface area (Å²) >= 11 is 0. The van der Waals surface area contributed by atoms with Gasteiger partial charge in [-0.2, -0.15) is 0 Å². The first-order valence-electron chi connectivity index (χ1n) is 6.35. The number of carboxylic acids is 1. The smallest absolute Gasteiger partial charge is 0.326 e. The zero-order valence-corrected chi connectivity index (χ0v) is 10.8. The van der Waals surface area contributed by atoms with Gasteiger partial charge in [0.25, 0.3) is 0 Å². The number of aliphatic carboxylic acids is 1. The number of piperidine rings is 1. The summed E-state index contributed by atoms with van der Waals surface area (Å²) in [5, 5.41) is 11.9. The number of carbonyl (C=O) groups is 2. The van der Waals surface area contributed by atoms with E-state index in [1.165, 1.54) is 4.90 Å². The molecule has 2 unspecified atom stereocenters. The molecular formula is C12H18N4O3. The van der Waals surface area contributed by atoms with Crippen LogP contribution in [-0.2, 0) is 11.3 Å². The minimum atomic E-state index is -0.944. The zero-order chi connectivity index (χ0) is 13.8. The van der Waals surface area contributed by atoms with Crippen molar-refractivity contribution >= 4 is 12.0 Å². The number of imidazole rings is 1. The fraction of sp³-hybridized carbons (Fsp3) is 0.583. The van der Waals surface area contributed by atoms with E-state index in [1.54, 1.807) is 12.4 Å². The monoisotopic (exact) mass is 266 g/mol. The number of aromatic amines is 1. The standard InChI is InChI=1S/C12H18N4O3/c1-8-3-2-6-16(10(8)11(17)18)12(19)15-7-9-13-4-5-14-9/h4-5,8,10H,2-3,6-7H2,1H3,(H,13,14)(H,15,19)(H,17,18). The highest BCUT2D eigenvalue weighted by Crippen LogP contribution is 2.23. The van der Waals surface area contributed by atoms with Gasteiger partial charge in [-0.3, -0.25) is 0 Å². The summed E-state index contributed by atoms with van der Waals surface area (Å²) in [6, 6.07) is -1.10. The normalized spacial score (nSPS) is 23.1. The molecule has 0 saturated carbocycles. The Labute approximate surface area is 111 Å². The topological polar surface area (TPSA) is 98.3 Å². The lowest BCUT2D eigenvalue weighted by molar-refractivity contribution is -0.145. The lowest BCUT2D eigenvalue weighted by Crippen LogP contribution is -2.54. The van der Waals surface area contributed by atoms with Crippen LogP contribution in [0.3, 0.4) is 0 Å². The van der Waals surface area contributed by atoms with Gasteiger partial charge in [0.05, 0.1) is 6.54 Å². The second-order valence-electron chi connectivity index (χ2n) is 4.79. The molecule has 2 rings (SSSR count). The number of hydrogen-bond donors (Lipinski definition) is 3. The lowest BCUT2D eigenvalue weighted by Gasteiger charge is -2.37. The van der Waals surface area contributed by atoms with E-state index in [4.69, 9.17) is 0 Å². The van der Waals surface area contributed by atoms with Crippen LogP contribution in [0, 0.1) is 5.92 Å². The van der Waals surface area contributed by atoms with E-state index in [0.717, 1.165) is 12.8 Å². The van der Waals surface area contributed by atoms with Crippen LogP contribution < -0.4 is 5.32 Å². The zero-order valence-electron chi connectivity index (χ0n) is 10.8. The van der Waals surface area contributed by atoms with Crippen molar-refractivity contribution in [3.63, 3.8) is 0 Å². The minimum Gasteiger partial charge on any atom is -0.480 e. The van der Waals surface area contributed by atoms with Gasteiger partial charge in [-0.05, 0) is 18.8 Å². The summed E-state index contributed by atoms with van der Waals surface area (Å²) in [6.45, 7) is 2.61. The Bertz CT molecular complexity index is 446. The van der Waals surface area contributed by atoms with Gasteiger partial charge in [0.2, 0.25) is 0 Å². The molecule has 2 amide bonds. The number of carboxylic acid groups (broad SMARTS) is 1. The van der Waals surface area contributed by atoms with Gasteiger partial charge in [0.1, 0.15) is 11.9 Å². The van der Waals surface area contributed by atoms with E-state index in [9.17, 15) is 14.7 Å². The number of aromatic nitrogens is 2. The quantitative estimate of drug-likeness (QED) is 0.753. The largest absolute Gasteiger partial charge is 0.480 e. The Hall–Kier alpha value is -2.05. The Morgan fingerprint density at radius 2 is 2.42 bits per heavy atom. The van der Waals surface area contributed by atoms with Crippen LogP contribution in [0.5, 0.6) is 0 Å². The predicted octanol–water partition coefficient (Wildman–Crippen LogP) is 0.804. The molecule has 0 bridgehead atoms. The van der Waals surface area contributed by atoms with Gasteiger partial charge < -0.3 is 20.3 Å². The molecule has 1 fully saturated rings. The molecular weight excluding hydrogens is 248 g/mol. The molecule has 1 aliphatic heterocycles. The third-order valence-corrected chi connectivity index (χ3v) is 3.41. The molecule has 19 heavy (non-hydrogen) atoms. The third kappa shape index (κ3) is 3.04. The highest BCUT2D eigenvalue weighted by atomic mass is 16.4. The maximum absolute atomic E-state index is 12.1.